The van der Waals surface area contributed by atoms with Crippen LogP contribution in [-0.2, 0) is 16.5 Å². The summed E-state index contributed by atoms with van der Waals surface area (Å²) in [4.78, 5) is 11.4. The topological polar surface area (TPSA) is 65.4 Å². The van der Waals surface area contributed by atoms with Gasteiger partial charge in [-0.2, -0.15) is 5.10 Å². The smallest absolute Gasteiger partial charge is 0.287 e. The average Bonchev–Trinajstić information content (AvgIpc) is 2.30. The van der Waals surface area contributed by atoms with Gasteiger partial charge in [0.2, 0.25) is 0 Å². The lowest BCUT2D eigenvalue weighted by molar-refractivity contribution is -0.0914. The highest BCUT2D eigenvalue weighted by atomic mass is 35.5. The molecule has 0 fully saturated rings. The van der Waals surface area contributed by atoms with Crippen molar-refractivity contribution in [1.29, 1.82) is 0 Å². The summed E-state index contributed by atoms with van der Waals surface area (Å²) in [5, 5.41) is 6.87. The van der Waals surface area contributed by atoms with Crippen molar-refractivity contribution in [3.05, 3.63) is 21.6 Å². The van der Waals surface area contributed by atoms with Gasteiger partial charge >= 0.3 is 0 Å². The second-order valence-corrected chi connectivity index (χ2v) is 3.46. The first-order valence-electron chi connectivity index (χ1n) is 4.61. The molecule has 0 saturated heterocycles. The fraction of sp³-hybridized carbons (Fsp3) is 0.556. The summed E-state index contributed by atoms with van der Waals surface area (Å²) in [7, 11) is 4.59. The van der Waals surface area contributed by atoms with E-state index in [4.69, 9.17) is 21.1 Å². The van der Waals surface area contributed by atoms with Crippen LogP contribution in [0.1, 0.15) is 0 Å². The van der Waals surface area contributed by atoms with Crippen molar-refractivity contribution < 1.29 is 9.47 Å². The molecular weight excluding hydrogens is 234 g/mol. The third-order valence-corrected chi connectivity index (χ3v) is 2.43. The van der Waals surface area contributed by atoms with E-state index in [-0.39, 0.29) is 10.6 Å². The third kappa shape index (κ3) is 2.94. The van der Waals surface area contributed by atoms with Gasteiger partial charge in [-0.25, -0.2) is 4.68 Å². The largest absolute Gasteiger partial charge is 0.377 e. The van der Waals surface area contributed by atoms with Crippen molar-refractivity contribution in [2.75, 3.05) is 26.1 Å². The van der Waals surface area contributed by atoms with Gasteiger partial charge in [0.15, 0.2) is 6.29 Å². The number of hydrogen-bond acceptors (Lipinski definition) is 5. The summed E-state index contributed by atoms with van der Waals surface area (Å²) in [5.41, 5.74) is 0.113. The molecule has 1 aromatic heterocycles. The van der Waals surface area contributed by atoms with E-state index in [0.29, 0.717) is 12.2 Å². The van der Waals surface area contributed by atoms with E-state index < -0.39 is 6.29 Å². The molecule has 1 heterocycles. The molecule has 1 rings (SSSR count). The van der Waals surface area contributed by atoms with Gasteiger partial charge in [0, 0.05) is 21.3 Å². The SMILES string of the molecule is COC(CNc1cnn(C)c(=O)c1Cl)OC. The molecule has 0 aliphatic rings. The van der Waals surface area contributed by atoms with E-state index in [1.54, 1.807) is 0 Å². The Hall–Kier alpha value is -1.11. The molecule has 0 atom stereocenters. The molecule has 0 aliphatic heterocycles. The first-order valence-corrected chi connectivity index (χ1v) is 4.99. The Morgan fingerprint density at radius 3 is 2.75 bits per heavy atom. The van der Waals surface area contributed by atoms with Crippen molar-refractivity contribution >= 4 is 17.3 Å². The zero-order valence-electron chi connectivity index (χ0n) is 9.36. The van der Waals surface area contributed by atoms with Crippen LogP contribution < -0.4 is 10.9 Å². The maximum atomic E-state index is 11.4. The van der Waals surface area contributed by atoms with Crippen LogP contribution in [-0.4, -0.2) is 36.8 Å². The molecular formula is C9H14ClN3O3. The van der Waals surface area contributed by atoms with Crippen molar-refractivity contribution in [3.63, 3.8) is 0 Å². The van der Waals surface area contributed by atoms with E-state index in [1.165, 1.54) is 27.5 Å². The molecule has 0 saturated carbocycles. The summed E-state index contributed by atoms with van der Waals surface area (Å²) in [5.74, 6) is 0. The van der Waals surface area contributed by atoms with Crippen LogP contribution in [0.2, 0.25) is 5.02 Å². The number of methoxy groups -OCH3 is 2. The number of rotatable bonds is 5. The van der Waals surface area contributed by atoms with Gasteiger partial charge in [0.25, 0.3) is 5.56 Å². The summed E-state index contributed by atoms with van der Waals surface area (Å²) in [6.45, 7) is 0.377. The van der Waals surface area contributed by atoms with Gasteiger partial charge in [0.1, 0.15) is 5.02 Å². The number of anilines is 1. The van der Waals surface area contributed by atoms with Crippen LogP contribution in [0, 0.1) is 0 Å². The fourth-order valence-electron chi connectivity index (χ4n) is 1.09. The zero-order valence-corrected chi connectivity index (χ0v) is 10.1. The molecule has 0 amide bonds. The van der Waals surface area contributed by atoms with Gasteiger partial charge in [-0.15, -0.1) is 0 Å². The molecule has 1 aromatic rings. The first kappa shape index (κ1) is 13.0. The van der Waals surface area contributed by atoms with Gasteiger partial charge in [-0.05, 0) is 0 Å². The summed E-state index contributed by atoms with van der Waals surface area (Å²) in [6, 6.07) is 0. The Morgan fingerprint density at radius 1 is 1.56 bits per heavy atom. The molecule has 0 aliphatic carbocycles. The van der Waals surface area contributed by atoms with E-state index in [1.807, 2.05) is 0 Å². The van der Waals surface area contributed by atoms with E-state index in [9.17, 15) is 4.79 Å². The molecule has 0 unspecified atom stereocenters. The van der Waals surface area contributed by atoms with Crippen molar-refractivity contribution in [3.8, 4) is 0 Å². The zero-order chi connectivity index (χ0) is 12.1. The summed E-state index contributed by atoms with van der Waals surface area (Å²) >= 11 is 5.85. The van der Waals surface area contributed by atoms with Crippen molar-refractivity contribution in [1.82, 2.24) is 9.78 Å². The average molecular weight is 248 g/mol. The quantitative estimate of drug-likeness (QED) is 0.766. The van der Waals surface area contributed by atoms with Gasteiger partial charge < -0.3 is 14.8 Å². The molecule has 0 bridgehead atoms. The van der Waals surface area contributed by atoms with Crippen LogP contribution in [0.4, 0.5) is 5.69 Å². The second-order valence-electron chi connectivity index (χ2n) is 3.08. The Labute approximate surface area is 98.1 Å². The Bertz CT molecular complexity index is 403. The fourth-order valence-corrected chi connectivity index (χ4v) is 1.33. The maximum absolute atomic E-state index is 11.4. The Morgan fingerprint density at radius 2 is 2.19 bits per heavy atom. The van der Waals surface area contributed by atoms with Gasteiger partial charge in [-0.3, -0.25) is 4.79 Å². The Balaban J connectivity index is 2.75. The number of hydrogen-bond donors (Lipinski definition) is 1. The molecule has 16 heavy (non-hydrogen) atoms. The highest BCUT2D eigenvalue weighted by Crippen LogP contribution is 2.14. The predicted octanol–water partition coefficient (Wildman–Crippen LogP) is 0.464. The third-order valence-electron chi connectivity index (χ3n) is 2.06. The highest BCUT2D eigenvalue weighted by molar-refractivity contribution is 6.32. The lowest BCUT2D eigenvalue weighted by Gasteiger charge is -2.15. The summed E-state index contributed by atoms with van der Waals surface area (Å²) in [6.07, 6.45) is 1.08. The summed E-state index contributed by atoms with van der Waals surface area (Å²) < 4.78 is 11.1. The van der Waals surface area contributed by atoms with Crippen molar-refractivity contribution in [2.24, 2.45) is 7.05 Å². The van der Waals surface area contributed by atoms with Gasteiger partial charge in [-0.1, -0.05) is 11.6 Å². The Kier molecular flexibility index (Phi) is 4.72. The molecule has 6 nitrogen and oxygen atoms in total. The first-order chi connectivity index (χ1) is 7.60. The molecule has 0 spiro atoms. The minimum atomic E-state index is -0.403. The monoisotopic (exact) mass is 247 g/mol. The number of ether oxygens (including phenoxy) is 2. The van der Waals surface area contributed by atoms with E-state index >= 15 is 0 Å². The number of aryl methyl sites for hydroxylation is 1. The number of aromatic nitrogens is 2. The minimum Gasteiger partial charge on any atom is -0.377 e. The second kappa shape index (κ2) is 5.83. The molecule has 0 aromatic carbocycles. The van der Waals surface area contributed by atoms with Crippen molar-refractivity contribution in [2.45, 2.75) is 6.29 Å². The maximum Gasteiger partial charge on any atom is 0.287 e. The van der Waals surface area contributed by atoms with E-state index in [0.717, 1.165) is 4.68 Å². The van der Waals surface area contributed by atoms with E-state index in [2.05, 4.69) is 10.4 Å². The molecule has 1 N–H and O–H groups in total. The standard InChI is InChI=1S/C9H14ClN3O3/c1-13-9(14)8(10)6(4-12-13)11-5-7(15-2)16-3/h4,7,11H,5H2,1-3H3. The number of halogens is 1. The predicted molar refractivity (Wildman–Crippen MR) is 60.8 cm³/mol. The number of nitrogens with one attached hydrogen (secondary N) is 1. The van der Waals surface area contributed by atoms with Crippen LogP contribution in [0.15, 0.2) is 11.0 Å². The lowest BCUT2D eigenvalue weighted by Crippen LogP contribution is -2.26. The number of nitrogens with zero attached hydrogens (tertiary/aromatic N) is 2. The normalized spacial score (nSPS) is 10.8. The minimum absolute atomic E-state index is 0.100. The van der Waals surface area contributed by atoms with Crippen LogP contribution in [0.25, 0.3) is 0 Å². The van der Waals surface area contributed by atoms with Crippen LogP contribution in [0.5, 0.6) is 0 Å². The van der Waals surface area contributed by atoms with Crippen LogP contribution >= 0.6 is 11.6 Å². The highest BCUT2D eigenvalue weighted by Gasteiger charge is 2.09. The van der Waals surface area contributed by atoms with Gasteiger partial charge in [0.05, 0.1) is 18.4 Å². The molecule has 90 valence electrons. The lowest BCUT2D eigenvalue weighted by atomic mass is 10.4. The molecule has 0 radical (unpaired) electrons. The molecule has 7 heteroatoms. The van der Waals surface area contributed by atoms with Crippen LogP contribution in [0.3, 0.4) is 0 Å².